The number of rotatable bonds is 1. The molecule has 3 heteroatoms. The molecule has 0 aromatic heterocycles. The van der Waals surface area contributed by atoms with Crippen molar-refractivity contribution in [3.63, 3.8) is 0 Å². The first-order valence-electron chi connectivity index (χ1n) is 4.57. The van der Waals surface area contributed by atoms with Crippen molar-refractivity contribution in [2.45, 2.75) is 44.6 Å². The van der Waals surface area contributed by atoms with Gasteiger partial charge in [0.1, 0.15) is 5.54 Å². The molecule has 0 spiro atoms. The van der Waals surface area contributed by atoms with Gasteiger partial charge in [-0.25, -0.2) is 0 Å². The van der Waals surface area contributed by atoms with E-state index in [0.717, 1.165) is 19.3 Å². The van der Waals surface area contributed by atoms with Crippen molar-refractivity contribution in [1.29, 1.82) is 0 Å². The molecule has 0 heterocycles. The minimum absolute atomic E-state index is 0.452. The van der Waals surface area contributed by atoms with Gasteiger partial charge in [0.05, 0.1) is 0 Å². The van der Waals surface area contributed by atoms with Crippen LogP contribution in [0.25, 0.3) is 0 Å². The van der Waals surface area contributed by atoms with Crippen molar-refractivity contribution >= 4 is 5.97 Å². The second-order valence-corrected chi connectivity index (χ2v) is 4.02. The Balaban J connectivity index is 2.67. The lowest BCUT2D eigenvalue weighted by Crippen LogP contribution is -2.48. The van der Waals surface area contributed by atoms with Crippen molar-refractivity contribution in [2.24, 2.45) is 11.7 Å². The Bertz CT molecular complexity index is 181. The minimum atomic E-state index is -0.948. The molecule has 0 aliphatic heterocycles. The maximum absolute atomic E-state index is 10.8. The van der Waals surface area contributed by atoms with E-state index < -0.39 is 11.5 Å². The van der Waals surface area contributed by atoms with Crippen LogP contribution < -0.4 is 5.73 Å². The summed E-state index contributed by atoms with van der Waals surface area (Å²) in [5, 5.41) is 8.92. The highest BCUT2D eigenvalue weighted by atomic mass is 16.4. The molecule has 2 atom stereocenters. The van der Waals surface area contributed by atoms with E-state index in [-0.39, 0.29) is 0 Å². The molecule has 0 radical (unpaired) electrons. The maximum atomic E-state index is 10.8. The third-order valence-corrected chi connectivity index (χ3v) is 2.71. The molecule has 12 heavy (non-hydrogen) atoms. The Hall–Kier alpha value is -0.570. The van der Waals surface area contributed by atoms with Crippen molar-refractivity contribution < 1.29 is 9.90 Å². The molecule has 2 unspecified atom stereocenters. The fourth-order valence-corrected chi connectivity index (χ4v) is 1.95. The van der Waals surface area contributed by atoms with Gasteiger partial charge < -0.3 is 10.8 Å². The summed E-state index contributed by atoms with van der Waals surface area (Å²) in [5.74, 6) is -0.384. The average Bonchev–Trinajstić information content (AvgIpc) is 2.12. The van der Waals surface area contributed by atoms with Gasteiger partial charge in [-0.3, -0.25) is 4.79 Å². The smallest absolute Gasteiger partial charge is 0.323 e. The van der Waals surface area contributed by atoms with Crippen LogP contribution in [0.15, 0.2) is 0 Å². The number of nitrogens with two attached hydrogens (primary N) is 1. The van der Waals surface area contributed by atoms with Crippen LogP contribution in [-0.2, 0) is 4.79 Å². The molecule has 70 valence electrons. The Labute approximate surface area is 72.9 Å². The van der Waals surface area contributed by atoms with Crippen molar-refractivity contribution in [3.8, 4) is 0 Å². The number of hydrogen-bond donors (Lipinski definition) is 2. The summed E-state index contributed by atoms with van der Waals surface area (Å²) < 4.78 is 0. The van der Waals surface area contributed by atoms with Gasteiger partial charge in [-0.1, -0.05) is 26.2 Å². The van der Waals surface area contributed by atoms with Gasteiger partial charge in [-0.2, -0.15) is 0 Å². The first-order valence-corrected chi connectivity index (χ1v) is 4.57. The Morgan fingerprint density at radius 1 is 1.58 bits per heavy atom. The van der Waals surface area contributed by atoms with Crippen molar-refractivity contribution in [3.05, 3.63) is 0 Å². The molecular formula is C9H17NO2. The van der Waals surface area contributed by atoms with Crippen molar-refractivity contribution in [1.82, 2.24) is 0 Å². The number of aliphatic carboxylic acids is 1. The summed E-state index contributed by atoms with van der Waals surface area (Å²) in [5.41, 5.74) is 4.84. The summed E-state index contributed by atoms with van der Waals surface area (Å²) in [6.45, 7) is 2.08. The summed E-state index contributed by atoms with van der Waals surface area (Å²) in [6, 6.07) is 0. The van der Waals surface area contributed by atoms with E-state index >= 15 is 0 Å². The number of hydrogen-bond acceptors (Lipinski definition) is 2. The molecule has 0 saturated heterocycles. The third kappa shape index (κ3) is 1.97. The molecule has 0 aromatic carbocycles. The predicted molar refractivity (Wildman–Crippen MR) is 46.8 cm³/mol. The lowest BCUT2D eigenvalue weighted by Gasteiger charge is -2.24. The zero-order valence-electron chi connectivity index (χ0n) is 7.55. The van der Waals surface area contributed by atoms with E-state index in [4.69, 9.17) is 10.8 Å². The Morgan fingerprint density at radius 3 is 2.83 bits per heavy atom. The van der Waals surface area contributed by atoms with Gasteiger partial charge in [-0.15, -0.1) is 0 Å². The maximum Gasteiger partial charge on any atom is 0.323 e. The van der Waals surface area contributed by atoms with Gasteiger partial charge in [0.25, 0.3) is 0 Å². The molecule has 1 aliphatic carbocycles. The zero-order valence-corrected chi connectivity index (χ0v) is 7.55. The molecular weight excluding hydrogens is 154 g/mol. The van der Waals surface area contributed by atoms with Gasteiger partial charge >= 0.3 is 5.97 Å². The first-order chi connectivity index (χ1) is 5.54. The van der Waals surface area contributed by atoms with Crippen LogP contribution in [0.2, 0.25) is 0 Å². The second kappa shape index (κ2) is 3.44. The SMILES string of the molecule is CC1CCCCC(N)(C(=O)O)C1. The van der Waals surface area contributed by atoms with Gasteiger partial charge in [0.15, 0.2) is 0 Å². The molecule has 1 saturated carbocycles. The highest BCUT2D eigenvalue weighted by Crippen LogP contribution is 2.28. The van der Waals surface area contributed by atoms with Crippen LogP contribution in [0.3, 0.4) is 0 Å². The second-order valence-electron chi connectivity index (χ2n) is 4.02. The van der Waals surface area contributed by atoms with E-state index in [1.54, 1.807) is 0 Å². The Morgan fingerprint density at radius 2 is 2.25 bits per heavy atom. The molecule has 1 fully saturated rings. The van der Waals surface area contributed by atoms with E-state index in [2.05, 4.69) is 6.92 Å². The fourth-order valence-electron chi connectivity index (χ4n) is 1.95. The van der Waals surface area contributed by atoms with Crippen LogP contribution in [0.4, 0.5) is 0 Å². The highest BCUT2D eigenvalue weighted by molar-refractivity contribution is 5.78. The van der Waals surface area contributed by atoms with Gasteiger partial charge in [0, 0.05) is 0 Å². The lowest BCUT2D eigenvalue weighted by molar-refractivity contribution is -0.144. The molecule has 0 bridgehead atoms. The summed E-state index contributed by atoms with van der Waals surface area (Å²) in [7, 11) is 0. The molecule has 3 nitrogen and oxygen atoms in total. The van der Waals surface area contributed by atoms with E-state index in [0.29, 0.717) is 18.8 Å². The molecule has 0 aromatic rings. The largest absolute Gasteiger partial charge is 0.480 e. The third-order valence-electron chi connectivity index (χ3n) is 2.71. The number of carbonyl (C=O) groups is 1. The first kappa shape index (κ1) is 9.52. The average molecular weight is 171 g/mol. The van der Waals surface area contributed by atoms with Crippen LogP contribution in [-0.4, -0.2) is 16.6 Å². The van der Waals surface area contributed by atoms with Gasteiger partial charge in [0.2, 0.25) is 0 Å². The number of carboxylic acid groups (broad SMARTS) is 1. The Kier molecular flexibility index (Phi) is 2.73. The van der Waals surface area contributed by atoms with Crippen LogP contribution in [0.5, 0.6) is 0 Å². The molecule has 1 rings (SSSR count). The van der Waals surface area contributed by atoms with Crippen LogP contribution >= 0.6 is 0 Å². The zero-order chi connectivity index (χ0) is 9.19. The van der Waals surface area contributed by atoms with E-state index in [9.17, 15) is 4.79 Å². The topological polar surface area (TPSA) is 63.3 Å². The van der Waals surface area contributed by atoms with Crippen molar-refractivity contribution in [2.75, 3.05) is 0 Å². The van der Waals surface area contributed by atoms with Crippen LogP contribution in [0, 0.1) is 5.92 Å². The van der Waals surface area contributed by atoms with Crippen LogP contribution in [0.1, 0.15) is 39.0 Å². The molecule has 1 aliphatic rings. The standard InChI is InChI=1S/C9H17NO2/c1-7-4-2-3-5-9(10,6-7)8(11)12/h7H,2-6,10H2,1H3,(H,11,12). The summed E-state index contributed by atoms with van der Waals surface area (Å²) in [6.07, 6.45) is 4.45. The predicted octanol–water partition coefficient (Wildman–Crippen LogP) is 1.37. The molecule has 0 amide bonds. The van der Waals surface area contributed by atoms with Gasteiger partial charge in [-0.05, 0) is 18.8 Å². The normalized spacial score (nSPS) is 37.3. The van der Waals surface area contributed by atoms with E-state index in [1.807, 2.05) is 0 Å². The van der Waals surface area contributed by atoms with E-state index in [1.165, 1.54) is 0 Å². The monoisotopic (exact) mass is 171 g/mol. The molecule has 3 N–H and O–H groups in total. The minimum Gasteiger partial charge on any atom is -0.480 e. The highest BCUT2D eigenvalue weighted by Gasteiger charge is 2.36. The summed E-state index contributed by atoms with van der Waals surface area (Å²) >= 11 is 0. The quantitative estimate of drug-likeness (QED) is 0.586. The number of carboxylic acids is 1. The fraction of sp³-hybridized carbons (Fsp3) is 0.889. The lowest BCUT2D eigenvalue weighted by atomic mass is 9.88. The summed E-state index contributed by atoms with van der Waals surface area (Å²) in [4.78, 5) is 10.8.